The minimum Gasteiger partial charge on any atom is -0.408 e. The van der Waals surface area contributed by atoms with Crippen molar-refractivity contribution in [2.24, 2.45) is 0 Å². The number of benzene rings is 2. The van der Waals surface area contributed by atoms with Crippen LogP contribution >= 0.6 is 0 Å². The van der Waals surface area contributed by atoms with Crippen molar-refractivity contribution in [1.29, 1.82) is 0 Å². The minimum atomic E-state index is -0.535. The van der Waals surface area contributed by atoms with Crippen molar-refractivity contribution >= 4 is 22.7 Å². The maximum absolute atomic E-state index is 12.5. The van der Waals surface area contributed by atoms with E-state index >= 15 is 0 Å². The number of fused-ring (bicyclic) bond motifs is 1. The van der Waals surface area contributed by atoms with Gasteiger partial charge in [0.05, 0.1) is 11.2 Å². The van der Waals surface area contributed by atoms with E-state index in [0.717, 1.165) is 11.3 Å². The molecular formula is C16H12N6O3. The van der Waals surface area contributed by atoms with Crippen LogP contribution in [-0.2, 0) is 0 Å². The summed E-state index contributed by atoms with van der Waals surface area (Å²) in [6.45, 7) is 1.87. The Balaban J connectivity index is 1.59. The summed E-state index contributed by atoms with van der Waals surface area (Å²) in [4.78, 5) is 26.2. The molecule has 124 valence electrons. The summed E-state index contributed by atoms with van der Waals surface area (Å²) in [5.74, 6) is -0.802. The molecule has 0 fully saturated rings. The fraction of sp³-hybridized carbons (Fsp3) is 0.0625. The lowest BCUT2D eigenvalue weighted by Crippen LogP contribution is -2.12. The number of tetrazole rings is 1. The lowest BCUT2D eigenvalue weighted by molar-refractivity contribution is 0.102. The number of amides is 1. The summed E-state index contributed by atoms with van der Waals surface area (Å²) >= 11 is 0. The molecule has 0 atom stereocenters. The van der Waals surface area contributed by atoms with Crippen LogP contribution in [-0.4, -0.2) is 31.1 Å². The maximum Gasteiger partial charge on any atom is 0.417 e. The second kappa shape index (κ2) is 5.71. The zero-order chi connectivity index (χ0) is 17.4. The molecule has 2 heterocycles. The van der Waals surface area contributed by atoms with Crippen LogP contribution in [0.1, 0.15) is 15.9 Å². The first-order valence-corrected chi connectivity index (χ1v) is 7.38. The normalized spacial score (nSPS) is 10.9. The van der Waals surface area contributed by atoms with Gasteiger partial charge in [0.15, 0.2) is 5.58 Å². The zero-order valence-electron chi connectivity index (χ0n) is 13.1. The fourth-order valence-corrected chi connectivity index (χ4v) is 2.56. The summed E-state index contributed by atoms with van der Waals surface area (Å²) in [5, 5.41) is 13.8. The summed E-state index contributed by atoms with van der Waals surface area (Å²) in [6.07, 6.45) is 1.49. The summed E-state index contributed by atoms with van der Waals surface area (Å²) < 4.78 is 6.46. The van der Waals surface area contributed by atoms with Gasteiger partial charge in [-0.2, -0.15) is 0 Å². The highest BCUT2D eigenvalue weighted by Gasteiger charge is 2.11. The molecule has 0 aliphatic rings. The van der Waals surface area contributed by atoms with Crippen LogP contribution in [0, 0.1) is 6.92 Å². The molecule has 0 saturated heterocycles. The predicted molar refractivity (Wildman–Crippen MR) is 88.7 cm³/mol. The molecule has 0 bridgehead atoms. The molecule has 0 radical (unpaired) electrons. The van der Waals surface area contributed by atoms with Crippen molar-refractivity contribution in [3.63, 3.8) is 0 Å². The van der Waals surface area contributed by atoms with Crippen LogP contribution in [0.25, 0.3) is 16.8 Å². The molecule has 1 amide bonds. The number of anilines is 1. The lowest BCUT2D eigenvalue weighted by atomic mass is 10.1. The Hall–Kier alpha value is -3.75. The molecule has 4 aromatic rings. The van der Waals surface area contributed by atoms with Gasteiger partial charge < -0.3 is 9.73 Å². The van der Waals surface area contributed by atoms with Crippen LogP contribution in [0.15, 0.2) is 51.9 Å². The third kappa shape index (κ3) is 2.78. The first-order valence-electron chi connectivity index (χ1n) is 7.38. The Morgan fingerprint density at radius 1 is 1.24 bits per heavy atom. The molecule has 0 aliphatic heterocycles. The summed E-state index contributed by atoms with van der Waals surface area (Å²) in [7, 11) is 0. The molecule has 2 N–H and O–H groups in total. The molecule has 9 heteroatoms. The van der Waals surface area contributed by atoms with Gasteiger partial charge in [0.25, 0.3) is 5.91 Å². The second-order valence-corrected chi connectivity index (χ2v) is 5.44. The fourth-order valence-electron chi connectivity index (χ4n) is 2.56. The van der Waals surface area contributed by atoms with Crippen LogP contribution in [0.2, 0.25) is 0 Å². The molecule has 0 aliphatic carbocycles. The zero-order valence-corrected chi connectivity index (χ0v) is 13.1. The van der Waals surface area contributed by atoms with E-state index in [9.17, 15) is 9.59 Å². The SMILES string of the molecule is Cc1cc(C(=O)Nc2ccc3oc(=O)[nH]c3c2)ccc1-n1cnnn1. The number of nitrogens with zero attached hydrogens (tertiary/aromatic N) is 4. The van der Waals surface area contributed by atoms with Crippen molar-refractivity contribution in [3.8, 4) is 5.69 Å². The summed E-state index contributed by atoms with van der Waals surface area (Å²) in [5.41, 5.74) is 3.65. The van der Waals surface area contributed by atoms with Gasteiger partial charge >= 0.3 is 5.76 Å². The van der Waals surface area contributed by atoms with E-state index in [4.69, 9.17) is 4.42 Å². The highest BCUT2D eigenvalue weighted by Crippen LogP contribution is 2.19. The molecule has 25 heavy (non-hydrogen) atoms. The van der Waals surface area contributed by atoms with Crippen molar-refractivity contribution in [3.05, 3.63) is 64.4 Å². The first kappa shape index (κ1) is 14.8. The van der Waals surface area contributed by atoms with Gasteiger partial charge in [-0.3, -0.25) is 9.78 Å². The number of hydrogen-bond acceptors (Lipinski definition) is 6. The van der Waals surface area contributed by atoms with Crippen LogP contribution in [0.5, 0.6) is 0 Å². The Kier molecular flexibility index (Phi) is 3.38. The Labute approximate surface area is 140 Å². The molecule has 2 aromatic carbocycles. The van der Waals surface area contributed by atoms with E-state index in [1.807, 2.05) is 6.92 Å². The minimum absolute atomic E-state index is 0.267. The van der Waals surface area contributed by atoms with Crippen LogP contribution in [0.3, 0.4) is 0 Å². The van der Waals surface area contributed by atoms with Crippen LogP contribution < -0.4 is 11.1 Å². The predicted octanol–water partition coefficient (Wildman–Crippen LogP) is 1.66. The summed E-state index contributed by atoms with van der Waals surface area (Å²) in [6, 6.07) is 10.1. The lowest BCUT2D eigenvalue weighted by Gasteiger charge is -2.08. The highest BCUT2D eigenvalue weighted by atomic mass is 16.4. The van der Waals surface area contributed by atoms with Crippen molar-refractivity contribution < 1.29 is 9.21 Å². The topological polar surface area (TPSA) is 119 Å². The Bertz CT molecular complexity index is 1130. The first-order chi connectivity index (χ1) is 12.1. The van der Waals surface area contributed by atoms with Gasteiger partial charge in [-0.15, -0.1) is 5.10 Å². The Morgan fingerprint density at radius 2 is 2.12 bits per heavy atom. The van der Waals surface area contributed by atoms with Gasteiger partial charge in [-0.25, -0.2) is 9.48 Å². The quantitative estimate of drug-likeness (QED) is 0.587. The number of oxazole rings is 1. The van der Waals surface area contributed by atoms with E-state index < -0.39 is 5.76 Å². The van der Waals surface area contributed by atoms with Gasteiger partial charge in [0.2, 0.25) is 0 Å². The second-order valence-electron chi connectivity index (χ2n) is 5.44. The molecule has 0 saturated carbocycles. The van der Waals surface area contributed by atoms with Gasteiger partial charge in [-0.05, 0) is 59.3 Å². The molecule has 4 rings (SSSR count). The van der Waals surface area contributed by atoms with Crippen molar-refractivity contribution in [1.82, 2.24) is 25.2 Å². The standard InChI is InChI=1S/C16H12N6O3/c1-9-6-10(2-4-13(9)22-8-17-20-21-22)15(23)18-11-3-5-14-12(7-11)19-16(24)25-14/h2-8H,1H3,(H,18,23)(H,19,24). The number of carbonyl (C=O) groups excluding carboxylic acids is 1. The van der Waals surface area contributed by atoms with Gasteiger partial charge in [0.1, 0.15) is 6.33 Å². The molecule has 0 spiro atoms. The smallest absolute Gasteiger partial charge is 0.408 e. The van der Waals surface area contributed by atoms with Gasteiger partial charge in [0, 0.05) is 11.3 Å². The number of nitrogens with one attached hydrogen (secondary N) is 2. The number of aromatic amines is 1. The number of aromatic nitrogens is 5. The third-order valence-corrected chi connectivity index (χ3v) is 3.73. The number of aryl methyl sites for hydroxylation is 1. The monoisotopic (exact) mass is 336 g/mol. The average molecular weight is 336 g/mol. The number of hydrogen-bond donors (Lipinski definition) is 2. The van der Waals surface area contributed by atoms with Crippen molar-refractivity contribution in [2.75, 3.05) is 5.32 Å². The number of carbonyl (C=O) groups is 1. The molecule has 0 unspecified atom stereocenters. The average Bonchev–Trinajstić information content (AvgIpc) is 3.23. The highest BCUT2D eigenvalue weighted by molar-refractivity contribution is 6.05. The van der Waals surface area contributed by atoms with E-state index in [-0.39, 0.29) is 5.91 Å². The maximum atomic E-state index is 12.5. The molecular weight excluding hydrogens is 324 g/mol. The number of H-pyrrole nitrogens is 1. The van der Waals surface area contributed by atoms with E-state index in [2.05, 4.69) is 25.8 Å². The number of rotatable bonds is 3. The third-order valence-electron chi connectivity index (χ3n) is 3.73. The van der Waals surface area contributed by atoms with Gasteiger partial charge in [-0.1, -0.05) is 0 Å². The van der Waals surface area contributed by atoms with Crippen LogP contribution in [0.4, 0.5) is 5.69 Å². The van der Waals surface area contributed by atoms with Crippen molar-refractivity contribution in [2.45, 2.75) is 6.92 Å². The molecule has 9 nitrogen and oxygen atoms in total. The largest absolute Gasteiger partial charge is 0.417 e. The van der Waals surface area contributed by atoms with E-state index in [1.54, 1.807) is 36.4 Å². The van der Waals surface area contributed by atoms with E-state index in [1.165, 1.54) is 11.0 Å². The Morgan fingerprint density at radius 3 is 2.88 bits per heavy atom. The van der Waals surface area contributed by atoms with E-state index in [0.29, 0.717) is 22.4 Å². The molecule has 2 aromatic heterocycles.